The highest BCUT2D eigenvalue weighted by molar-refractivity contribution is 6.30. The lowest BCUT2D eigenvalue weighted by Gasteiger charge is -2.06. The highest BCUT2D eigenvalue weighted by atomic mass is 35.5. The van der Waals surface area contributed by atoms with E-state index in [4.69, 9.17) is 11.6 Å². The summed E-state index contributed by atoms with van der Waals surface area (Å²) in [5, 5.41) is 17.8. The third kappa shape index (κ3) is 3.99. The number of aromatic hydroxyl groups is 1. The second-order valence-electron chi connectivity index (χ2n) is 7.13. The zero-order valence-corrected chi connectivity index (χ0v) is 16.7. The number of aromatic amines is 2. The van der Waals surface area contributed by atoms with Crippen LogP contribution in [0.2, 0.25) is 5.02 Å². The second kappa shape index (κ2) is 7.51. The largest absolute Gasteiger partial charge is 0.493 e. The molecule has 3 heterocycles. The van der Waals surface area contributed by atoms with Crippen molar-refractivity contribution in [1.82, 2.24) is 29.5 Å². The van der Waals surface area contributed by atoms with E-state index in [0.29, 0.717) is 29.0 Å². The summed E-state index contributed by atoms with van der Waals surface area (Å²) < 4.78 is 14.9. The van der Waals surface area contributed by atoms with Crippen LogP contribution in [0.1, 0.15) is 24.1 Å². The van der Waals surface area contributed by atoms with E-state index in [9.17, 15) is 14.3 Å². The molecule has 0 atom stereocenters. The van der Waals surface area contributed by atoms with E-state index in [1.807, 2.05) is 0 Å². The molecule has 158 valence electrons. The highest BCUT2D eigenvalue weighted by Gasteiger charge is 2.21. The van der Waals surface area contributed by atoms with Crippen LogP contribution in [0.15, 0.2) is 34.2 Å². The summed E-state index contributed by atoms with van der Waals surface area (Å²) in [5.74, 6) is -0.471. The van der Waals surface area contributed by atoms with Crippen molar-refractivity contribution in [2.75, 3.05) is 5.32 Å². The first-order valence-corrected chi connectivity index (χ1v) is 9.84. The zero-order chi connectivity index (χ0) is 21.5. The Kier molecular flexibility index (Phi) is 4.66. The minimum absolute atomic E-state index is 0.0353. The standard InChI is InChI=1S/C19H16ClFN8O2/c20-12-5-9(1-4-13(12)21)7-22-17-26-15-10(6-14-16(30)27-19(31)25-14)8-23-29(15)18(28-17)24-11-2-3-11/h1,4-6,8,11,30H,2-3,7H2,(H,22,24,28)(H2,25,27,31)/b10-6+. The molecule has 0 aliphatic heterocycles. The van der Waals surface area contributed by atoms with Gasteiger partial charge in [0, 0.05) is 11.8 Å². The van der Waals surface area contributed by atoms with Crippen molar-refractivity contribution in [2.24, 2.45) is 4.99 Å². The molecule has 1 aliphatic rings. The normalized spacial score (nSPS) is 15.2. The molecule has 0 spiro atoms. The van der Waals surface area contributed by atoms with Gasteiger partial charge in [-0.25, -0.2) is 14.2 Å². The zero-order valence-electron chi connectivity index (χ0n) is 15.9. The van der Waals surface area contributed by atoms with Gasteiger partial charge < -0.3 is 15.4 Å². The molecule has 1 aromatic carbocycles. The van der Waals surface area contributed by atoms with Gasteiger partial charge in [-0.05, 0) is 36.6 Å². The first kappa shape index (κ1) is 19.2. The van der Waals surface area contributed by atoms with Crippen LogP contribution in [0.4, 0.5) is 10.3 Å². The van der Waals surface area contributed by atoms with Gasteiger partial charge in [-0.1, -0.05) is 17.7 Å². The first-order chi connectivity index (χ1) is 15.0. The average molecular weight is 443 g/mol. The predicted octanol–water partition coefficient (Wildman–Crippen LogP) is 0.862. The van der Waals surface area contributed by atoms with Crippen LogP contribution in [-0.2, 0) is 6.54 Å². The SMILES string of the molecule is O=c1[nH]c(O)c(/C=c2\cnn3c(=NC4CC4)nc(NCc4ccc(F)c(Cl)c4)nc23)[nH]1. The van der Waals surface area contributed by atoms with E-state index in [0.717, 1.165) is 18.4 Å². The van der Waals surface area contributed by atoms with Gasteiger partial charge >= 0.3 is 5.69 Å². The number of H-pyrrole nitrogens is 2. The van der Waals surface area contributed by atoms with Crippen LogP contribution in [0, 0.1) is 5.82 Å². The van der Waals surface area contributed by atoms with Gasteiger partial charge in [0.15, 0.2) is 5.65 Å². The van der Waals surface area contributed by atoms with Crippen LogP contribution in [-0.4, -0.2) is 40.7 Å². The van der Waals surface area contributed by atoms with Crippen molar-refractivity contribution >= 4 is 29.3 Å². The molecule has 12 heteroatoms. The number of imidazole rings is 1. The predicted molar refractivity (Wildman–Crippen MR) is 110 cm³/mol. The van der Waals surface area contributed by atoms with Crippen molar-refractivity contribution in [3.8, 4) is 5.88 Å². The number of hydrogen-bond acceptors (Lipinski definition) is 7. The number of anilines is 1. The molecule has 10 nitrogen and oxygen atoms in total. The first-order valence-electron chi connectivity index (χ1n) is 9.47. The van der Waals surface area contributed by atoms with Gasteiger partial charge in [-0.3, -0.25) is 4.98 Å². The monoisotopic (exact) mass is 442 g/mol. The third-order valence-electron chi connectivity index (χ3n) is 4.69. The maximum Gasteiger partial charge on any atom is 0.326 e. The summed E-state index contributed by atoms with van der Waals surface area (Å²) in [7, 11) is 0. The van der Waals surface area contributed by atoms with Crippen molar-refractivity contribution < 1.29 is 9.50 Å². The second-order valence-corrected chi connectivity index (χ2v) is 7.54. The van der Waals surface area contributed by atoms with E-state index in [-0.39, 0.29) is 22.6 Å². The van der Waals surface area contributed by atoms with Crippen molar-refractivity contribution in [3.63, 3.8) is 0 Å². The number of nitrogens with zero attached hydrogens (tertiary/aromatic N) is 5. The Morgan fingerprint density at radius 3 is 2.90 bits per heavy atom. The lowest BCUT2D eigenvalue weighted by atomic mass is 10.2. The molecule has 1 fully saturated rings. The molecule has 4 N–H and O–H groups in total. The van der Waals surface area contributed by atoms with Gasteiger partial charge in [0.25, 0.3) is 5.62 Å². The number of aromatic nitrogens is 6. The van der Waals surface area contributed by atoms with Gasteiger partial charge in [0.05, 0.1) is 17.3 Å². The molecule has 5 rings (SSSR count). The van der Waals surface area contributed by atoms with Crippen LogP contribution < -0.4 is 21.8 Å². The fraction of sp³-hybridized carbons (Fsp3) is 0.211. The van der Waals surface area contributed by atoms with E-state index < -0.39 is 11.5 Å². The molecule has 1 aliphatic carbocycles. The molecule has 0 radical (unpaired) electrons. The van der Waals surface area contributed by atoms with E-state index in [2.05, 4.69) is 35.3 Å². The summed E-state index contributed by atoms with van der Waals surface area (Å²) in [5.41, 5.74) is 1.26. The number of benzene rings is 1. The highest BCUT2D eigenvalue weighted by Crippen LogP contribution is 2.22. The van der Waals surface area contributed by atoms with Crippen molar-refractivity contribution in [1.29, 1.82) is 0 Å². The fourth-order valence-corrected chi connectivity index (χ4v) is 3.19. The molecular formula is C19H16ClFN8O2. The Labute approximate surface area is 178 Å². The number of hydrogen-bond donors (Lipinski definition) is 4. The Morgan fingerprint density at radius 1 is 1.35 bits per heavy atom. The van der Waals surface area contributed by atoms with E-state index in [1.54, 1.807) is 18.3 Å². The van der Waals surface area contributed by atoms with Gasteiger partial charge in [0.1, 0.15) is 11.5 Å². The molecule has 31 heavy (non-hydrogen) atoms. The average Bonchev–Trinajstić information content (AvgIpc) is 3.37. The van der Waals surface area contributed by atoms with Crippen LogP contribution in [0.5, 0.6) is 5.88 Å². The summed E-state index contributed by atoms with van der Waals surface area (Å²) >= 11 is 5.85. The number of nitrogens with one attached hydrogen (secondary N) is 3. The molecule has 0 amide bonds. The molecule has 3 aromatic heterocycles. The van der Waals surface area contributed by atoms with Crippen molar-refractivity contribution in [2.45, 2.75) is 25.4 Å². The number of fused-ring (bicyclic) bond motifs is 1. The lowest BCUT2D eigenvalue weighted by molar-refractivity contribution is 0.454. The topological polar surface area (TPSA) is 136 Å². The molecule has 0 bridgehead atoms. The Balaban J connectivity index is 1.57. The minimum atomic E-state index is -0.528. The lowest BCUT2D eigenvalue weighted by Crippen LogP contribution is -2.24. The molecule has 1 saturated carbocycles. The Bertz CT molecular complexity index is 1470. The summed E-state index contributed by atoms with van der Waals surface area (Å²) in [6.45, 7) is 0.318. The van der Waals surface area contributed by atoms with Gasteiger partial charge in [-0.2, -0.15) is 19.6 Å². The minimum Gasteiger partial charge on any atom is -0.493 e. The molecule has 0 unspecified atom stereocenters. The number of halogens is 2. The Morgan fingerprint density at radius 2 is 2.19 bits per heavy atom. The number of rotatable bonds is 5. The molecule has 0 saturated heterocycles. The molecule has 4 aromatic rings. The van der Waals surface area contributed by atoms with Crippen molar-refractivity contribution in [3.05, 3.63) is 67.8 Å². The van der Waals surface area contributed by atoms with Crippen LogP contribution >= 0.6 is 11.6 Å². The van der Waals surface area contributed by atoms with Crippen LogP contribution in [0.25, 0.3) is 11.7 Å². The van der Waals surface area contributed by atoms with E-state index >= 15 is 0 Å². The summed E-state index contributed by atoms with van der Waals surface area (Å²) in [6.07, 6.45) is 5.07. The van der Waals surface area contributed by atoms with Crippen LogP contribution in [0.3, 0.4) is 0 Å². The maximum absolute atomic E-state index is 13.4. The Hall–Kier alpha value is -3.73. The van der Waals surface area contributed by atoms with E-state index in [1.165, 1.54) is 16.6 Å². The third-order valence-corrected chi connectivity index (χ3v) is 4.98. The van der Waals surface area contributed by atoms with Gasteiger partial charge in [-0.15, -0.1) is 0 Å². The quantitative estimate of drug-likeness (QED) is 0.362. The van der Waals surface area contributed by atoms with Gasteiger partial charge in [0.2, 0.25) is 11.8 Å². The molecular weight excluding hydrogens is 427 g/mol. The fourth-order valence-electron chi connectivity index (χ4n) is 2.99. The summed E-state index contributed by atoms with van der Waals surface area (Å²) in [4.78, 5) is 29.7. The maximum atomic E-state index is 13.4. The summed E-state index contributed by atoms with van der Waals surface area (Å²) in [6, 6.07) is 4.64. The smallest absolute Gasteiger partial charge is 0.326 e.